The van der Waals surface area contributed by atoms with Gasteiger partial charge in [0.2, 0.25) is 0 Å². The zero-order chi connectivity index (χ0) is 16.2. The number of hydrogen-bond donors (Lipinski definition) is 0. The molecule has 1 aliphatic heterocycles. The minimum atomic E-state index is -0.275. The van der Waals surface area contributed by atoms with Gasteiger partial charge in [-0.15, -0.1) is 23.5 Å². The molecule has 0 saturated carbocycles. The topological polar surface area (TPSA) is 46.6 Å². The molecule has 124 valence electrons. The SMILES string of the molecule is CN(C(=O)COC(=O)C1SCCS1)[C@@H]1CCCc2ccccc21. The van der Waals surface area contributed by atoms with E-state index >= 15 is 0 Å². The van der Waals surface area contributed by atoms with Gasteiger partial charge in [0.05, 0.1) is 6.04 Å². The standard InChI is InChI=1S/C17H21NO3S2/c1-18(14-8-4-6-12-5-2-3-7-13(12)14)15(19)11-21-16(20)17-22-9-10-23-17/h2-3,5,7,14,17H,4,6,8-11H2,1H3/t14-/m1/s1. The third kappa shape index (κ3) is 3.86. The number of rotatable bonds is 4. The zero-order valence-corrected chi connectivity index (χ0v) is 14.8. The van der Waals surface area contributed by atoms with E-state index in [1.54, 1.807) is 28.4 Å². The van der Waals surface area contributed by atoms with Crippen LogP contribution in [0, 0.1) is 0 Å². The number of amides is 1. The maximum atomic E-state index is 12.4. The molecule has 1 amide bonds. The first-order chi connectivity index (χ1) is 11.2. The maximum absolute atomic E-state index is 12.4. The van der Waals surface area contributed by atoms with Crippen molar-refractivity contribution in [3.8, 4) is 0 Å². The van der Waals surface area contributed by atoms with E-state index in [0.717, 1.165) is 30.8 Å². The summed E-state index contributed by atoms with van der Waals surface area (Å²) in [4.78, 5) is 26.1. The van der Waals surface area contributed by atoms with E-state index in [2.05, 4.69) is 12.1 Å². The molecule has 1 aliphatic carbocycles. The van der Waals surface area contributed by atoms with Gasteiger partial charge < -0.3 is 9.64 Å². The van der Waals surface area contributed by atoms with Crippen molar-refractivity contribution in [1.82, 2.24) is 4.90 Å². The van der Waals surface area contributed by atoms with Gasteiger partial charge in [-0.2, -0.15) is 0 Å². The van der Waals surface area contributed by atoms with Crippen molar-refractivity contribution in [3.05, 3.63) is 35.4 Å². The quantitative estimate of drug-likeness (QED) is 0.781. The van der Waals surface area contributed by atoms with Crippen LogP contribution in [-0.4, -0.2) is 46.5 Å². The van der Waals surface area contributed by atoms with Crippen LogP contribution in [0.25, 0.3) is 0 Å². The molecule has 1 atom stereocenters. The summed E-state index contributed by atoms with van der Waals surface area (Å²) in [6, 6.07) is 8.38. The van der Waals surface area contributed by atoms with E-state index in [0.29, 0.717) is 0 Å². The van der Waals surface area contributed by atoms with E-state index in [-0.39, 0.29) is 29.1 Å². The van der Waals surface area contributed by atoms with Crippen LogP contribution in [0.3, 0.4) is 0 Å². The van der Waals surface area contributed by atoms with Gasteiger partial charge in [-0.1, -0.05) is 24.3 Å². The van der Waals surface area contributed by atoms with E-state index in [4.69, 9.17) is 4.74 Å². The summed E-state index contributed by atoms with van der Waals surface area (Å²) in [6.45, 7) is -0.161. The second-order valence-electron chi connectivity index (χ2n) is 5.79. The van der Waals surface area contributed by atoms with Crippen molar-refractivity contribution < 1.29 is 14.3 Å². The maximum Gasteiger partial charge on any atom is 0.329 e. The Labute approximate surface area is 145 Å². The number of likely N-dealkylation sites (N-methyl/N-ethyl adjacent to an activating group) is 1. The van der Waals surface area contributed by atoms with Gasteiger partial charge in [-0.3, -0.25) is 4.79 Å². The van der Waals surface area contributed by atoms with Gasteiger partial charge in [0.15, 0.2) is 6.61 Å². The molecule has 3 rings (SSSR count). The molecule has 1 saturated heterocycles. The Kier molecular flexibility index (Phi) is 5.54. The van der Waals surface area contributed by atoms with Crippen LogP contribution < -0.4 is 0 Å². The first-order valence-electron chi connectivity index (χ1n) is 7.90. The van der Waals surface area contributed by atoms with Crippen LogP contribution in [0.15, 0.2) is 24.3 Å². The van der Waals surface area contributed by atoms with E-state index in [1.807, 2.05) is 19.2 Å². The van der Waals surface area contributed by atoms with Gasteiger partial charge in [0.1, 0.15) is 4.58 Å². The molecule has 6 heteroatoms. The number of ether oxygens (including phenoxy) is 1. The summed E-state index contributed by atoms with van der Waals surface area (Å²) in [5.41, 5.74) is 2.54. The third-order valence-corrected chi connectivity index (χ3v) is 7.30. The fraction of sp³-hybridized carbons (Fsp3) is 0.529. The Balaban J connectivity index is 1.58. The number of carbonyl (C=O) groups excluding carboxylic acids is 2. The summed E-state index contributed by atoms with van der Waals surface area (Å²) in [5, 5.41) is 0. The number of aryl methyl sites for hydroxylation is 1. The molecule has 1 aromatic rings. The van der Waals surface area contributed by atoms with Gasteiger partial charge in [0, 0.05) is 18.6 Å². The fourth-order valence-electron chi connectivity index (χ4n) is 3.10. The van der Waals surface area contributed by atoms with Crippen LogP contribution in [-0.2, 0) is 20.7 Å². The Morgan fingerprint density at radius 3 is 2.78 bits per heavy atom. The van der Waals surface area contributed by atoms with Crippen molar-refractivity contribution in [1.29, 1.82) is 0 Å². The Hall–Kier alpha value is -1.14. The molecular formula is C17H21NO3S2. The van der Waals surface area contributed by atoms with Crippen molar-refractivity contribution in [3.63, 3.8) is 0 Å². The van der Waals surface area contributed by atoms with Crippen LogP contribution in [0.2, 0.25) is 0 Å². The molecule has 0 bridgehead atoms. The second-order valence-corrected chi connectivity index (χ2v) is 8.52. The average molecular weight is 351 g/mol. The van der Waals surface area contributed by atoms with E-state index in [1.165, 1.54) is 11.1 Å². The first-order valence-corrected chi connectivity index (χ1v) is 10.00. The highest BCUT2D eigenvalue weighted by atomic mass is 32.2. The van der Waals surface area contributed by atoms with E-state index in [9.17, 15) is 9.59 Å². The number of nitrogens with zero attached hydrogens (tertiary/aromatic N) is 1. The predicted octanol–water partition coefficient (Wildman–Crippen LogP) is 2.87. The molecular weight excluding hydrogens is 330 g/mol. The molecule has 0 radical (unpaired) electrons. The number of fused-ring (bicyclic) bond motifs is 1. The Bertz CT molecular complexity index is 587. The molecule has 0 spiro atoms. The predicted molar refractivity (Wildman–Crippen MR) is 94.6 cm³/mol. The molecule has 4 nitrogen and oxygen atoms in total. The summed E-state index contributed by atoms with van der Waals surface area (Å²) in [7, 11) is 1.81. The summed E-state index contributed by atoms with van der Waals surface area (Å²) in [5.74, 6) is 1.53. The molecule has 1 aromatic carbocycles. The van der Waals surface area contributed by atoms with E-state index < -0.39 is 0 Å². The second kappa shape index (κ2) is 7.62. The smallest absolute Gasteiger partial charge is 0.329 e. The highest BCUT2D eigenvalue weighted by molar-refractivity contribution is 8.21. The first kappa shape index (κ1) is 16.7. The molecule has 1 heterocycles. The van der Waals surface area contributed by atoms with Gasteiger partial charge in [-0.05, 0) is 30.4 Å². The largest absolute Gasteiger partial charge is 0.454 e. The zero-order valence-electron chi connectivity index (χ0n) is 13.2. The molecule has 0 N–H and O–H groups in total. The molecule has 0 aromatic heterocycles. The van der Waals surface area contributed by atoms with Crippen LogP contribution in [0.4, 0.5) is 0 Å². The molecule has 1 fully saturated rings. The molecule has 0 unspecified atom stereocenters. The van der Waals surface area contributed by atoms with Crippen molar-refractivity contribution in [2.75, 3.05) is 25.2 Å². The monoisotopic (exact) mass is 351 g/mol. The number of thioether (sulfide) groups is 2. The Morgan fingerprint density at radius 2 is 2.00 bits per heavy atom. The number of hydrogen-bond acceptors (Lipinski definition) is 5. The van der Waals surface area contributed by atoms with Gasteiger partial charge >= 0.3 is 5.97 Å². The summed E-state index contributed by atoms with van der Waals surface area (Å²) < 4.78 is 5.05. The minimum Gasteiger partial charge on any atom is -0.454 e. The summed E-state index contributed by atoms with van der Waals surface area (Å²) >= 11 is 3.19. The third-order valence-electron chi connectivity index (χ3n) is 4.35. The normalized spacial score (nSPS) is 20.8. The number of carbonyl (C=O) groups is 2. The number of benzene rings is 1. The Morgan fingerprint density at radius 1 is 1.26 bits per heavy atom. The van der Waals surface area contributed by atoms with Crippen molar-refractivity contribution in [2.45, 2.75) is 29.9 Å². The van der Waals surface area contributed by atoms with Crippen LogP contribution >= 0.6 is 23.5 Å². The lowest BCUT2D eigenvalue weighted by Gasteiger charge is -2.33. The molecule has 2 aliphatic rings. The van der Waals surface area contributed by atoms with Gasteiger partial charge in [0.25, 0.3) is 5.91 Å². The average Bonchev–Trinajstić information content (AvgIpc) is 3.13. The highest BCUT2D eigenvalue weighted by Gasteiger charge is 2.29. The lowest BCUT2D eigenvalue weighted by Crippen LogP contribution is -2.36. The van der Waals surface area contributed by atoms with Crippen LogP contribution in [0.5, 0.6) is 0 Å². The fourth-order valence-corrected chi connectivity index (χ4v) is 5.67. The number of esters is 1. The molecule has 23 heavy (non-hydrogen) atoms. The van der Waals surface area contributed by atoms with Gasteiger partial charge in [-0.25, -0.2) is 4.79 Å². The van der Waals surface area contributed by atoms with Crippen LogP contribution in [0.1, 0.15) is 30.0 Å². The minimum absolute atomic E-state index is 0.0846. The lowest BCUT2D eigenvalue weighted by molar-refractivity contribution is -0.150. The van der Waals surface area contributed by atoms with Crippen molar-refractivity contribution in [2.24, 2.45) is 0 Å². The van der Waals surface area contributed by atoms with Crippen molar-refractivity contribution >= 4 is 35.4 Å². The highest BCUT2D eigenvalue weighted by Crippen LogP contribution is 2.34. The summed E-state index contributed by atoms with van der Waals surface area (Å²) in [6.07, 6.45) is 3.11. The lowest BCUT2D eigenvalue weighted by atomic mass is 9.87.